The molecule has 0 atom stereocenters. The zero-order chi connectivity index (χ0) is 13.8. The molecule has 0 aliphatic heterocycles. The average Bonchev–Trinajstić information content (AvgIpc) is 2.82. The van der Waals surface area contributed by atoms with Crippen molar-refractivity contribution < 1.29 is 14.6 Å². The molecule has 0 unspecified atom stereocenters. The van der Waals surface area contributed by atoms with Crippen molar-refractivity contribution in [3.63, 3.8) is 0 Å². The number of hydrogen-bond donors (Lipinski definition) is 2. The van der Waals surface area contributed by atoms with Crippen LogP contribution in [0.5, 0.6) is 5.75 Å². The van der Waals surface area contributed by atoms with Crippen molar-refractivity contribution >= 4 is 28.1 Å². The summed E-state index contributed by atoms with van der Waals surface area (Å²) in [5.74, 6) is -0.255. The molecule has 0 saturated heterocycles. The number of aryl methyl sites for hydroxylation is 1. The molecule has 1 heterocycles. The number of ether oxygens (including phenoxy) is 1. The number of anilines is 2. The van der Waals surface area contributed by atoms with E-state index in [0.29, 0.717) is 23.0 Å². The van der Waals surface area contributed by atoms with Gasteiger partial charge in [0.15, 0.2) is 5.13 Å². The second-order valence-corrected chi connectivity index (χ2v) is 4.78. The molecule has 2 aromatic rings. The van der Waals surface area contributed by atoms with Gasteiger partial charge in [0.1, 0.15) is 10.6 Å². The van der Waals surface area contributed by atoms with Gasteiger partial charge >= 0.3 is 5.97 Å². The number of thiazole rings is 1. The molecule has 0 spiro atoms. The van der Waals surface area contributed by atoms with Crippen LogP contribution in [0, 0.1) is 0 Å². The van der Waals surface area contributed by atoms with E-state index in [2.05, 4.69) is 10.3 Å². The Balaban J connectivity index is 2.31. The predicted octanol–water partition coefficient (Wildman–Crippen LogP) is 3.16. The van der Waals surface area contributed by atoms with Gasteiger partial charge in [-0.25, -0.2) is 9.78 Å². The van der Waals surface area contributed by atoms with Gasteiger partial charge in [0.25, 0.3) is 0 Å². The largest absolute Gasteiger partial charge is 0.495 e. The molecule has 0 amide bonds. The third-order valence-electron chi connectivity index (χ3n) is 2.58. The quantitative estimate of drug-likeness (QED) is 0.879. The fourth-order valence-electron chi connectivity index (χ4n) is 1.68. The number of nitrogens with zero attached hydrogens (tertiary/aromatic N) is 1. The summed E-state index contributed by atoms with van der Waals surface area (Å²) in [6.07, 6.45) is 0.589. The lowest BCUT2D eigenvalue weighted by atomic mass is 10.3. The molecule has 1 aromatic heterocycles. The summed E-state index contributed by atoms with van der Waals surface area (Å²) in [4.78, 5) is 15.7. The van der Waals surface area contributed by atoms with E-state index in [1.165, 1.54) is 0 Å². The van der Waals surface area contributed by atoms with Crippen LogP contribution >= 0.6 is 11.3 Å². The molecule has 0 aliphatic carbocycles. The molecule has 1 aromatic carbocycles. The van der Waals surface area contributed by atoms with Crippen LogP contribution in [-0.2, 0) is 6.42 Å². The van der Waals surface area contributed by atoms with Crippen LogP contribution in [-0.4, -0.2) is 23.2 Å². The lowest BCUT2D eigenvalue weighted by Crippen LogP contribution is -1.97. The van der Waals surface area contributed by atoms with Crippen molar-refractivity contribution in [1.29, 1.82) is 0 Å². The highest BCUT2D eigenvalue weighted by Gasteiger charge is 2.16. The minimum absolute atomic E-state index is 0.278. The lowest BCUT2D eigenvalue weighted by Gasteiger charge is -2.07. The summed E-state index contributed by atoms with van der Waals surface area (Å²) in [5.41, 5.74) is 1.35. The molecule has 0 saturated carbocycles. The Morgan fingerprint density at radius 2 is 2.21 bits per heavy atom. The number of para-hydroxylation sites is 2. The van der Waals surface area contributed by atoms with Gasteiger partial charge in [-0.3, -0.25) is 0 Å². The van der Waals surface area contributed by atoms with Crippen LogP contribution in [0.25, 0.3) is 0 Å². The van der Waals surface area contributed by atoms with E-state index in [1.54, 1.807) is 7.11 Å². The van der Waals surface area contributed by atoms with E-state index in [4.69, 9.17) is 9.84 Å². The maximum atomic E-state index is 11.1. The van der Waals surface area contributed by atoms with Crippen molar-refractivity contribution in [1.82, 2.24) is 4.98 Å². The molecule has 19 heavy (non-hydrogen) atoms. The number of aromatic nitrogens is 1. The number of benzene rings is 1. The van der Waals surface area contributed by atoms with Gasteiger partial charge in [0, 0.05) is 0 Å². The first kappa shape index (κ1) is 13.4. The first-order chi connectivity index (χ1) is 9.15. The first-order valence-corrected chi connectivity index (χ1v) is 6.60. The summed E-state index contributed by atoms with van der Waals surface area (Å²) >= 11 is 1.13. The Hall–Kier alpha value is -2.08. The number of hydrogen-bond acceptors (Lipinski definition) is 5. The molecule has 100 valence electrons. The monoisotopic (exact) mass is 278 g/mol. The van der Waals surface area contributed by atoms with Crippen molar-refractivity contribution in [3.05, 3.63) is 34.8 Å². The smallest absolute Gasteiger partial charge is 0.347 e. The van der Waals surface area contributed by atoms with Crippen molar-refractivity contribution in [2.45, 2.75) is 13.3 Å². The molecule has 6 heteroatoms. The Kier molecular flexibility index (Phi) is 4.01. The zero-order valence-electron chi connectivity index (χ0n) is 10.6. The van der Waals surface area contributed by atoms with Crippen LogP contribution in [0.3, 0.4) is 0 Å². The summed E-state index contributed by atoms with van der Waals surface area (Å²) in [5, 5.41) is 12.7. The number of methoxy groups -OCH3 is 1. The number of rotatable bonds is 5. The molecular formula is C13H14N2O3S. The zero-order valence-corrected chi connectivity index (χ0v) is 11.5. The number of carboxylic acids is 1. The fourth-order valence-corrected chi connectivity index (χ4v) is 2.58. The average molecular weight is 278 g/mol. The van der Waals surface area contributed by atoms with Gasteiger partial charge in [-0.1, -0.05) is 30.4 Å². The highest BCUT2D eigenvalue weighted by atomic mass is 32.1. The molecule has 0 aliphatic rings. The minimum atomic E-state index is -0.942. The molecule has 2 rings (SSSR count). The number of carbonyl (C=O) groups is 1. The molecular weight excluding hydrogens is 264 g/mol. The van der Waals surface area contributed by atoms with Crippen LogP contribution in [0.15, 0.2) is 24.3 Å². The number of aromatic carboxylic acids is 1. The van der Waals surface area contributed by atoms with E-state index >= 15 is 0 Å². The normalized spacial score (nSPS) is 10.2. The van der Waals surface area contributed by atoms with E-state index in [1.807, 2.05) is 31.2 Å². The minimum Gasteiger partial charge on any atom is -0.495 e. The van der Waals surface area contributed by atoms with Crippen molar-refractivity contribution in [2.24, 2.45) is 0 Å². The summed E-state index contributed by atoms with van der Waals surface area (Å²) in [7, 11) is 1.59. The topological polar surface area (TPSA) is 71.5 Å². The highest BCUT2D eigenvalue weighted by Crippen LogP contribution is 2.31. The highest BCUT2D eigenvalue weighted by molar-refractivity contribution is 7.17. The maximum absolute atomic E-state index is 11.1. The number of nitrogens with one attached hydrogen (secondary N) is 1. The van der Waals surface area contributed by atoms with E-state index < -0.39 is 5.97 Å². The molecule has 5 nitrogen and oxygen atoms in total. The van der Waals surface area contributed by atoms with Crippen molar-refractivity contribution in [3.8, 4) is 5.75 Å². The van der Waals surface area contributed by atoms with E-state index in [9.17, 15) is 4.79 Å². The Morgan fingerprint density at radius 1 is 1.47 bits per heavy atom. The van der Waals surface area contributed by atoms with Crippen LogP contribution in [0.2, 0.25) is 0 Å². The standard InChI is InChI=1S/C13H14N2O3S/c1-3-8-11(12(16)17)19-13(14-8)15-9-6-4-5-7-10(9)18-2/h4-7H,3H2,1-2H3,(H,14,15)(H,16,17). The van der Waals surface area contributed by atoms with E-state index in [-0.39, 0.29) is 4.88 Å². The van der Waals surface area contributed by atoms with Crippen molar-refractivity contribution in [2.75, 3.05) is 12.4 Å². The van der Waals surface area contributed by atoms with E-state index in [0.717, 1.165) is 17.0 Å². The lowest BCUT2D eigenvalue weighted by molar-refractivity contribution is 0.0701. The summed E-state index contributed by atoms with van der Waals surface area (Å²) < 4.78 is 5.23. The van der Waals surface area contributed by atoms with Crippen LogP contribution < -0.4 is 10.1 Å². The Morgan fingerprint density at radius 3 is 2.79 bits per heavy atom. The molecule has 0 fully saturated rings. The first-order valence-electron chi connectivity index (χ1n) is 5.78. The summed E-state index contributed by atoms with van der Waals surface area (Å²) in [6, 6.07) is 7.42. The maximum Gasteiger partial charge on any atom is 0.347 e. The fraction of sp³-hybridized carbons (Fsp3) is 0.231. The second kappa shape index (κ2) is 5.71. The predicted molar refractivity (Wildman–Crippen MR) is 74.7 cm³/mol. The van der Waals surface area contributed by atoms with Gasteiger partial charge in [0.05, 0.1) is 18.5 Å². The molecule has 0 bridgehead atoms. The SMILES string of the molecule is CCc1nc(Nc2ccccc2OC)sc1C(=O)O. The summed E-state index contributed by atoms with van der Waals surface area (Å²) in [6.45, 7) is 1.88. The molecule has 0 radical (unpaired) electrons. The third-order valence-corrected chi connectivity index (χ3v) is 3.58. The molecule has 2 N–H and O–H groups in total. The second-order valence-electron chi connectivity index (χ2n) is 3.78. The van der Waals surface area contributed by atoms with Gasteiger partial charge < -0.3 is 15.2 Å². The van der Waals surface area contributed by atoms with Gasteiger partial charge in [-0.15, -0.1) is 0 Å². The third kappa shape index (κ3) is 2.85. The Bertz CT molecular complexity index is 595. The van der Waals surface area contributed by atoms with Crippen LogP contribution in [0.4, 0.5) is 10.8 Å². The van der Waals surface area contributed by atoms with Crippen LogP contribution in [0.1, 0.15) is 22.3 Å². The number of carboxylic acid groups (broad SMARTS) is 1. The van der Waals surface area contributed by atoms with Gasteiger partial charge in [-0.05, 0) is 18.6 Å². The van der Waals surface area contributed by atoms with Gasteiger partial charge in [-0.2, -0.15) is 0 Å². The Labute approximate surface area is 114 Å². The van der Waals surface area contributed by atoms with Gasteiger partial charge in [0.2, 0.25) is 0 Å².